The molecule has 1 heterocycles. The van der Waals surface area contributed by atoms with E-state index in [2.05, 4.69) is 10.6 Å². The minimum atomic E-state index is -0.835. The van der Waals surface area contributed by atoms with Crippen LogP contribution in [0.25, 0.3) is 0 Å². The smallest absolute Gasteiger partial charge is 0.318 e. The predicted octanol–water partition coefficient (Wildman–Crippen LogP) is 1.41. The summed E-state index contributed by atoms with van der Waals surface area (Å²) in [7, 11) is 0. The Bertz CT molecular complexity index is 339. The second-order valence-corrected chi connectivity index (χ2v) is 5.97. The second kappa shape index (κ2) is 7.47. The molecule has 0 bridgehead atoms. The van der Waals surface area contributed by atoms with Crippen molar-refractivity contribution in [1.29, 1.82) is 0 Å². The van der Waals surface area contributed by atoms with Crippen molar-refractivity contribution >= 4 is 12.0 Å². The van der Waals surface area contributed by atoms with Crippen LogP contribution >= 0.6 is 0 Å². The molecule has 1 fully saturated rings. The van der Waals surface area contributed by atoms with E-state index < -0.39 is 11.5 Å². The summed E-state index contributed by atoms with van der Waals surface area (Å²) in [5.74, 6) is -0.835. The molecule has 20 heavy (non-hydrogen) atoms. The first-order chi connectivity index (χ1) is 9.35. The second-order valence-electron chi connectivity index (χ2n) is 5.97. The summed E-state index contributed by atoms with van der Waals surface area (Å²) in [4.78, 5) is 24.9. The van der Waals surface area contributed by atoms with Gasteiger partial charge in [-0.15, -0.1) is 0 Å². The van der Waals surface area contributed by atoms with E-state index in [1.54, 1.807) is 0 Å². The first-order valence-electron chi connectivity index (χ1n) is 7.37. The Morgan fingerprint density at radius 3 is 2.45 bits per heavy atom. The van der Waals surface area contributed by atoms with Crippen molar-refractivity contribution in [3.8, 4) is 0 Å². The monoisotopic (exact) mass is 285 g/mol. The molecule has 0 atom stereocenters. The zero-order valence-corrected chi connectivity index (χ0v) is 12.7. The van der Waals surface area contributed by atoms with E-state index in [0.29, 0.717) is 13.0 Å². The van der Waals surface area contributed by atoms with Gasteiger partial charge in [-0.1, -0.05) is 0 Å². The third-order valence-electron chi connectivity index (χ3n) is 3.76. The molecule has 6 nitrogen and oxygen atoms in total. The average Bonchev–Trinajstić information content (AvgIpc) is 2.38. The molecule has 0 unspecified atom stereocenters. The molecule has 1 aliphatic rings. The van der Waals surface area contributed by atoms with E-state index in [0.717, 1.165) is 25.9 Å². The molecule has 0 aromatic heterocycles. The van der Waals surface area contributed by atoms with Crippen LogP contribution in [-0.2, 0) is 4.79 Å². The van der Waals surface area contributed by atoms with Crippen LogP contribution in [0, 0.1) is 0 Å². The van der Waals surface area contributed by atoms with Gasteiger partial charge in [0.2, 0.25) is 0 Å². The molecule has 1 saturated heterocycles. The minimum Gasteiger partial charge on any atom is -0.481 e. The average molecular weight is 285 g/mol. The van der Waals surface area contributed by atoms with Gasteiger partial charge < -0.3 is 20.6 Å². The van der Waals surface area contributed by atoms with Crippen LogP contribution in [0.4, 0.5) is 4.79 Å². The number of rotatable bonds is 6. The van der Waals surface area contributed by atoms with Crippen molar-refractivity contribution in [2.45, 2.75) is 58.0 Å². The standard InChI is InChI=1S/C14H27N3O3/c1-4-17(11-6-9-15-10-7-11)13(20)16-14(2,3)8-5-12(18)19/h11,15H,4-10H2,1-3H3,(H,16,20)(H,18,19). The molecule has 2 amide bonds. The van der Waals surface area contributed by atoms with Gasteiger partial charge in [0.05, 0.1) is 0 Å². The maximum Gasteiger partial charge on any atom is 0.318 e. The van der Waals surface area contributed by atoms with E-state index >= 15 is 0 Å². The van der Waals surface area contributed by atoms with Crippen LogP contribution in [0.1, 0.15) is 46.5 Å². The van der Waals surface area contributed by atoms with Gasteiger partial charge in [0.25, 0.3) is 0 Å². The number of hydrogen-bond acceptors (Lipinski definition) is 3. The van der Waals surface area contributed by atoms with E-state index in [1.165, 1.54) is 0 Å². The number of carboxylic acid groups (broad SMARTS) is 1. The number of carbonyl (C=O) groups excluding carboxylic acids is 1. The topological polar surface area (TPSA) is 81.7 Å². The highest BCUT2D eigenvalue weighted by Gasteiger charge is 2.28. The third-order valence-corrected chi connectivity index (χ3v) is 3.76. The maximum absolute atomic E-state index is 12.4. The molecule has 0 aromatic carbocycles. The summed E-state index contributed by atoms with van der Waals surface area (Å²) >= 11 is 0. The number of aliphatic carboxylic acids is 1. The lowest BCUT2D eigenvalue weighted by Crippen LogP contribution is -2.54. The highest BCUT2D eigenvalue weighted by molar-refractivity contribution is 5.75. The van der Waals surface area contributed by atoms with Crippen LogP contribution in [0.15, 0.2) is 0 Å². The number of urea groups is 1. The van der Waals surface area contributed by atoms with Gasteiger partial charge in [0, 0.05) is 24.5 Å². The minimum absolute atomic E-state index is 0.0623. The van der Waals surface area contributed by atoms with Crippen molar-refractivity contribution < 1.29 is 14.7 Å². The Labute approximate surface area is 120 Å². The summed E-state index contributed by atoms with van der Waals surface area (Å²) < 4.78 is 0. The molecule has 0 spiro atoms. The Balaban J connectivity index is 2.54. The summed E-state index contributed by atoms with van der Waals surface area (Å²) in [5, 5.41) is 15.0. The molecule has 1 aliphatic heterocycles. The molecule has 116 valence electrons. The number of carboxylic acids is 1. The third kappa shape index (κ3) is 5.36. The fourth-order valence-corrected chi connectivity index (χ4v) is 2.53. The number of hydrogen-bond donors (Lipinski definition) is 3. The largest absolute Gasteiger partial charge is 0.481 e. The van der Waals surface area contributed by atoms with Crippen LogP contribution < -0.4 is 10.6 Å². The Morgan fingerprint density at radius 1 is 1.35 bits per heavy atom. The van der Waals surface area contributed by atoms with Crippen molar-refractivity contribution in [2.24, 2.45) is 0 Å². The number of amides is 2. The highest BCUT2D eigenvalue weighted by atomic mass is 16.4. The fraction of sp³-hybridized carbons (Fsp3) is 0.857. The van der Waals surface area contributed by atoms with Gasteiger partial charge in [0.15, 0.2) is 0 Å². The van der Waals surface area contributed by atoms with E-state index in [4.69, 9.17) is 5.11 Å². The molecule has 0 aromatic rings. The Hall–Kier alpha value is -1.30. The molecular weight excluding hydrogens is 258 g/mol. The zero-order chi connectivity index (χ0) is 15.2. The van der Waals surface area contributed by atoms with Crippen LogP contribution in [-0.4, -0.2) is 53.2 Å². The molecule has 1 rings (SSSR count). The molecule has 6 heteroatoms. The van der Waals surface area contributed by atoms with Crippen molar-refractivity contribution in [2.75, 3.05) is 19.6 Å². The fourth-order valence-electron chi connectivity index (χ4n) is 2.53. The Morgan fingerprint density at radius 2 is 1.95 bits per heavy atom. The van der Waals surface area contributed by atoms with Gasteiger partial charge in [-0.3, -0.25) is 4.79 Å². The Kier molecular flexibility index (Phi) is 6.26. The first kappa shape index (κ1) is 16.8. The van der Waals surface area contributed by atoms with Gasteiger partial charge in [-0.05, 0) is 53.1 Å². The lowest BCUT2D eigenvalue weighted by molar-refractivity contribution is -0.137. The van der Waals surface area contributed by atoms with Gasteiger partial charge in [-0.25, -0.2) is 4.79 Å². The lowest BCUT2D eigenvalue weighted by atomic mass is 9.98. The summed E-state index contributed by atoms with van der Waals surface area (Å²) in [6, 6.07) is 0.186. The van der Waals surface area contributed by atoms with E-state index in [1.807, 2.05) is 25.7 Å². The lowest BCUT2D eigenvalue weighted by Gasteiger charge is -2.36. The quantitative estimate of drug-likeness (QED) is 0.689. The van der Waals surface area contributed by atoms with Crippen molar-refractivity contribution in [3.63, 3.8) is 0 Å². The molecule has 3 N–H and O–H groups in total. The highest BCUT2D eigenvalue weighted by Crippen LogP contribution is 2.15. The summed E-state index contributed by atoms with van der Waals surface area (Å²) in [6.45, 7) is 8.26. The first-order valence-corrected chi connectivity index (χ1v) is 7.37. The van der Waals surface area contributed by atoms with Gasteiger partial charge in [0.1, 0.15) is 0 Å². The maximum atomic E-state index is 12.4. The van der Waals surface area contributed by atoms with Crippen LogP contribution in [0.5, 0.6) is 0 Å². The number of piperidine rings is 1. The number of nitrogens with one attached hydrogen (secondary N) is 2. The van der Waals surface area contributed by atoms with Gasteiger partial charge >= 0.3 is 12.0 Å². The molecule has 0 aliphatic carbocycles. The van der Waals surface area contributed by atoms with Crippen LogP contribution in [0.3, 0.4) is 0 Å². The normalized spacial score (nSPS) is 16.8. The number of carbonyl (C=O) groups is 2. The SMILES string of the molecule is CCN(C(=O)NC(C)(C)CCC(=O)O)C1CCNCC1. The molecule has 0 radical (unpaired) electrons. The zero-order valence-electron chi connectivity index (χ0n) is 12.7. The predicted molar refractivity (Wildman–Crippen MR) is 77.8 cm³/mol. The van der Waals surface area contributed by atoms with Gasteiger partial charge in [-0.2, -0.15) is 0 Å². The number of nitrogens with zero attached hydrogens (tertiary/aromatic N) is 1. The summed E-state index contributed by atoms with van der Waals surface area (Å²) in [5.41, 5.74) is -0.504. The molecular formula is C14H27N3O3. The van der Waals surface area contributed by atoms with Crippen LogP contribution in [0.2, 0.25) is 0 Å². The van der Waals surface area contributed by atoms with E-state index in [-0.39, 0.29) is 18.5 Å². The van der Waals surface area contributed by atoms with Crippen molar-refractivity contribution in [1.82, 2.24) is 15.5 Å². The summed E-state index contributed by atoms with van der Waals surface area (Å²) in [6.07, 6.45) is 2.43. The van der Waals surface area contributed by atoms with E-state index in [9.17, 15) is 9.59 Å². The van der Waals surface area contributed by atoms with Crippen molar-refractivity contribution in [3.05, 3.63) is 0 Å². The molecule has 0 saturated carbocycles.